The van der Waals surface area contributed by atoms with Gasteiger partial charge in [-0.2, -0.15) is 0 Å². The van der Waals surface area contributed by atoms with Crippen LogP contribution < -0.4 is 10.3 Å². The zero-order valence-corrected chi connectivity index (χ0v) is 21.2. The molecule has 0 saturated carbocycles. The molecule has 188 valence electrons. The van der Waals surface area contributed by atoms with Crippen LogP contribution in [0.15, 0.2) is 51.9 Å². The Morgan fingerprint density at radius 1 is 1.16 bits per heavy atom. The van der Waals surface area contributed by atoms with Gasteiger partial charge in [0, 0.05) is 23.2 Å². The number of fused-ring (bicyclic) bond motifs is 1. The van der Waals surface area contributed by atoms with E-state index in [2.05, 4.69) is 20.3 Å². The van der Waals surface area contributed by atoms with Gasteiger partial charge >= 0.3 is 0 Å². The number of carbonyl (C=O) groups excluding carboxylic acids is 1. The van der Waals surface area contributed by atoms with Crippen LogP contribution in [-0.4, -0.2) is 42.9 Å². The summed E-state index contributed by atoms with van der Waals surface area (Å²) in [5.41, 5.74) is 3.08. The van der Waals surface area contributed by atoms with Crippen molar-refractivity contribution in [3.05, 3.63) is 85.7 Å². The summed E-state index contributed by atoms with van der Waals surface area (Å²) in [5.74, 6) is 0.779. The standard InChI is InChI=1S/C26H23N5O5S/c1-14-25(15(2)36-30-14)19-9-16-8-18(21(33)11-23-28-29-24(13-32)37-23)26(34)31(20(16)10-22(19)35-3)12-17-6-4-5-7-27-17/h4-10,32H,11-13H2,1-3H3. The number of hydrogen-bond acceptors (Lipinski definition) is 10. The molecule has 0 aliphatic rings. The second-order valence-electron chi connectivity index (χ2n) is 8.43. The molecule has 1 aromatic carbocycles. The molecule has 5 rings (SSSR count). The van der Waals surface area contributed by atoms with Crippen molar-refractivity contribution in [2.24, 2.45) is 0 Å². The van der Waals surface area contributed by atoms with Gasteiger partial charge in [0.1, 0.15) is 21.5 Å². The van der Waals surface area contributed by atoms with Crippen molar-refractivity contribution in [3.8, 4) is 16.9 Å². The van der Waals surface area contributed by atoms with Crippen LogP contribution in [0.25, 0.3) is 22.0 Å². The number of benzene rings is 1. The highest BCUT2D eigenvalue weighted by atomic mass is 32.1. The van der Waals surface area contributed by atoms with E-state index in [9.17, 15) is 14.7 Å². The van der Waals surface area contributed by atoms with Crippen molar-refractivity contribution >= 4 is 28.0 Å². The van der Waals surface area contributed by atoms with E-state index < -0.39 is 11.3 Å². The molecule has 0 atom stereocenters. The van der Waals surface area contributed by atoms with Crippen LogP contribution in [0.3, 0.4) is 0 Å². The number of hydrogen-bond donors (Lipinski definition) is 1. The van der Waals surface area contributed by atoms with Gasteiger partial charge in [-0.15, -0.1) is 10.2 Å². The number of aromatic nitrogens is 5. The van der Waals surface area contributed by atoms with Gasteiger partial charge in [0.05, 0.1) is 54.7 Å². The van der Waals surface area contributed by atoms with E-state index in [0.717, 1.165) is 22.5 Å². The lowest BCUT2D eigenvalue weighted by atomic mass is 9.98. The average Bonchev–Trinajstić information content (AvgIpc) is 3.50. The predicted molar refractivity (Wildman–Crippen MR) is 137 cm³/mol. The van der Waals surface area contributed by atoms with Gasteiger partial charge in [-0.1, -0.05) is 22.6 Å². The number of Topliss-reactive ketones (excluding diaryl/α,β-unsaturated/α-hetero) is 1. The Kier molecular flexibility index (Phi) is 6.64. The zero-order valence-electron chi connectivity index (χ0n) is 20.4. The molecule has 5 aromatic rings. The van der Waals surface area contributed by atoms with Crippen LogP contribution in [-0.2, 0) is 19.6 Å². The number of ketones is 1. The third-order valence-electron chi connectivity index (χ3n) is 6.02. The van der Waals surface area contributed by atoms with Gasteiger partial charge in [0.25, 0.3) is 5.56 Å². The molecular weight excluding hydrogens is 494 g/mol. The first-order valence-corrected chi connectivity index (χ1v) is 12.2. The van der Waals surface area contributed by atoms with Gasteiger partial charge in [-0.3, -0.25) is 14.6 Å². The Labute approximate surface area is 215 Å². The van der Waals surface area contributed by atoms with Gasteiger partial charge in [0.15, 0.2) is 5.78 Å². The highest BCUT2D eigenvalue weighted by Gasteiger charge is 2.22. The van der Waals surface area contributed by atoms with E-state index in [4.69, 9.17) is 9.26 Å². The molecule has 0 spiro atoms. The first-order valence-electron chi connectivity index (χ1n) is 11.4. The summed E-state index contributed by atoms with van der Waals surface area (Å²) in [6.45, 7) is 3.57. The maximum Gasteiger partial charge on any atom is 0.262 e. The minimum absolute atomic E-state index is 0.0269. The lowest BCUT2D eigenvalue weighted by molar-refractivity contribution is 0.0991. The largest absolute Gasteiger partial charge is 0.496 e. The monoisotopic (exact) mass is 517 g/mol. The molecule has 4 heterocycles. The summed E-state index contributed by atoms with van der Waals surface area (Å²) in [5, 5.41) is 22.6. The van der Waals surface area contributed by atoms with Crippen molar-refractivity contribution in [1.29, 1.82) is 0 Å². The summed E-state index contributed by atoms with van der Waals surface area (Å²) in [7, 11) is 1.56. The van der Waals surface area contributed by atoms with Crippen LogP contribution in [0.4, 0.5) is 0 Å². The van der Waals surface area contributed by atoms with E-state index in [1.807, 2.05) is 32.0 Å². The zero-order chi connectivity index (χ0) is 26.1. The normalized spacial score (nSPS) is 11.2. The van der Waals surface area contributed by atoms with Crippen LogP contribution in [0.1, 0.15) is 37.5 Å². The minimum atomic E-state index is -0.442. The van der Waals surface area contributed by atoms with Crippen LogP contribution in [0.2, 0.25) is 0 Å². The average molecular weight is 518 g/mol. The van der Waals surface area contributed by atoms with Crippen LogP contribution in [0.5, 0.6) is 5.75 Å². The molecule has 4 aromatic heterocycles. The second-order valence-corrected chi connectivity index (χ2v) is 9.58. The van der Waals surface area contributed by atoms with Gasteiger partial charge in [-0.25, -0.2) is 0 Å². The third kappa shape index (κ3) is 4.66. The number of methoxy groups -OCH3 is 1. The predicted octanol–water partition coefficient (Wildman–Crippen LogP) is 3.49. The molecule has 37 heavy (non-hydrogen) atoms. The third-order valence-corrected chi connectivity index (χ3v) is 6.93. The molecule has 10 nitrogen and oxygen atoms in total. The Bertz CT molecular complexity index is 1650. The van der Waals surface area contributed by atoms with Crippen LogP contribution in [0, 0.1) is 13.8 Å². The number of rotatable bonds is 8. The number of ether oxygens (including phenoxy) is 1. The number of aliphatic hydroxyl groups excluding tert-OH is 1. The first kappa shape index (κ1) is 24.5. The molecule has 0 aliphatic heterocycles. The Balaban J connectivity index is 1.71. The van der Waals surface area contributed by atoms with Crippen LogP contribution >= 0.6 is 11.3 Å². The number of pyridine rings is 2. The molecule has 0 fully saturated rings. The molecule has 0 aliphatic carbocycles. The summed E-state index contributed by atoms with van der Waals surface area (Å²) in [6, 6.07) is 10.7. The Morgan fingerprint density at radius 2 is 1.97 bits per heavy atom. The highest BCUT2D eigenvalue weighted by Crippen LogP contribution is 2.37. The lowest BCUT2D eigenvalue weighted by Crippen LogP contribution is -2.28. The number of nitrogens with zero attached hydrogens (tertiary/aromatic N) is 5. The topological polar surface area (TPSA) is 133 Å². The minimum Gasteiger partial charge on any atom is -0.496 e. The van der Waals surface area contributed by atoms with Crippen molar-refractivity contribution in [3.63, 3.8) is 0 Å². The van der Waals surface area contributed by atoms with E-state index in [1.54, 1.807) is 31.5 Å². The molecule has 1 N–H and O–H groups in total. The fourth-order valence-electron chi connectivity index (χ4n) is 4.31. The SMILES string of the molecule is COc1cc2c(cc1-c1c(C)noc1C)cc(C(=O)Cc1nnc(CO)s1)c(=O)n2Cc1ccccn1. The number of aliphatic hydroxyl groups is 1. The van der Waals surface area contributed by atoms with E-state index in [-0.39, 0.29) is 25.1 Å². The summed E-state index contributed by atoms with van der Waals surface area (Å²) in [4.78, 5) is 31.4. The molecule has 0 amide bonds. The van der Waals surface area contributed by atoms with Crippen molar-refractivity contribution in [1.82, 2.24) is 24.9 Å². The Hall–Kier alpha value is -4.22. The summed E-state index contributed by atoms with van der Waals surface area (Å²) >= 11 is 1.14. The molecular formula is C26H23N5O5S. The number of aryl methyl sites for hydroxylation is 2. The van der Waals surface area contributed by atoms with Crippen molar-refractivity contribution in [2.75, 3.05) is 7.11 Å². The molecule has 0 saturated heterocycles. The fraction of sp³-hybridized carbons (Fsp3) is 0.231. The highest BCUT2D eigenvalue weighted by molar-refractivity contribution is 7.11. The van der Waals surface area contributed by atoms with E-state index in [1.165, 1.54) is 4.57 Å². The quantitative estimate of drug-likeness (QED) is 0.307. The van der Waals surface area contributed by atoms with Crippen molar-refractivity contribution in [2.45, 2.75) is 33.4 Å². The second kappa shape index (κ2) is 10.0. The fourth-order valence-corrected chi connectivity index (χ4v) is 5.01. The summed E-state index contributed by atoms with van der Waals surface area (Å²) in [6.07, 6.45) is 1.55. The molecule has 0 radical (unpaired) electrons. The van der Waals surface area contributed by atoms with E-state index in [0.29, 0.717) is 43.8 Å². The summed E-state index contributed by atoms with van der Waals surface area (Å²) < 4.78 is 12.6. The Morgan fingerprint density at radius 3 is 2.62 bits per heavy atom. The van der Waals surface area contributed by atoms with Gasteiger partial charge in [-0.05, 0) is 38.1 Å². The van der Waals surface area contributed by atoms with Gasteiger partial charge in [0.2, 0.25) is 0 Å². The maximum absolute atomic E-state index is 13.7. The lowest BCUT2D eigenvalue weighted by Gasteiger charge is -2.16. The van der Waals surface area contributed by atoms with Crippen molar-refractivity contribution < 1.29 is 19.2 Å². The molecule has 0 unspecified atom stereocenters. The number of carbonyl (C=O) groups is 1. The molecule has 0 bridgehead atoms. The molecule has 11 heteroatoms. The maximum atomic E-state index is 13.7. The van der Waals surface area contributed by atoms with Gasteiger partial charge < -0.3 is 18.9 Å². The smallest absolute Gasteiger partial charge is 0.262 e. The first-order chi connectivity index (χ1) is 17.9. The van der Waals surface area contributed by atoms with E-state index >= 15 is 0 Å².